The van der Waals surface area contributed by atoms with Gasteiger partial charge in [0.25, 0.3) is 0 Å². The number of ether oxygens (including phenoxy) is 1. The first-order valence-electron chi connectivity index (χ1n) is 6.80. The Hall–Kier alpha value is -1.76. The first-order valence-corrected chi connectivity index (χ1v) is 6.80. The van der Waals surface area contributed by atoms with Crippen molar-refractivity contribution in [2.24, 2.45) is 5.73 Å². The minimum atomic E-state index is -4.37. The van der Waals surface area contributed by atoms with Gasteiger partial charge in [0.15, 0.2) is 6.61 Å². The number of nitrogens with two attached hydrogens (primary N) is 1. The summed E-state index contributed by atoms with van der Waals surface area (Å²) in [4.78, 5) is 12.9. The molecule has 0 saturated heterocycles. The largest absolute Gasteiger partial charge is 0.484 e. The number of hydrogen-bond donors (Lipinski definition) is 1. The van der Waals surface area contributed by atoms with Crippen LogP contribution in [0.2, 0.25) is 0 Å². The molecule has 0 aliphatic rings. The maximum atomic E-state index is 12.2. The quantitative estimate of drug-likeness (QED) is 0.877. The lowest BCUT2D eigenvalue weighted by Gasteiger charge is -2.23. The van der Waals surface area contributed by atoms with Crippen LogP contribution in [0.5, 0.6) is 5.75 Å². The van der Waals surface area contributed by atoms with Gasteiger partial charge in [0, 0.05) is 6.54 Å². The summed E-state index contributed by atoms with van der Waals surface area (Å²) in [7, 11) is 1.76. The Morgan fingerprint density at radius 1 is 1.32 bits per heavy atom. The fourth-order valence-corrected chi connectivity index (χ4v) is 2.16. The molecular formula is C15H21F3N2O2. The number of amides is 1. The van der Waals surface area contributed by atoms with E-state index in [0.717, 1.165) is 5.56 Å². The number of likely N-dealkylation sites (N-methyl/N-ethyl adjacent to an activating group) is 1. The van der Waals surface area contributed by atoms with Crippen molar-refractivity contribution in [1.29, 1.82) is 0 Å². The summed E-state index contributed by atoms with van der Waals surface area (Å²) in [5, 5.41) is 0. The van der Waals surface area contributed by atoms with Crippen LogP contribution in [0.4, 0.5) is 13.2 Å². The second-order valence-electron chi connectivity index (χ2n) is 5.46. The third-order valence-electron chi connectivity index (χ3n) is 3.41. The van der Waals surface area contributed by atoms with Gasteiger partial charge in [-0.2, -0.15) is 13.2 Å². The minimum Gasteiger partial charge on any atom is -0.484 e. The standard InChI is InChI=1S/C15H21F3N2O2/c1-9-5-12(7-20(4)11(3)14(19)21)6-10(2)13(9)22-8-15(16,17)18/h5-6,11H,7-8H2,1-4H3,(H2,19,21). The molecule has 0 spiro atoms. The average molecular weight is 318 g/mol. The molecule has 1 unspecified atom stereocenters. The van der Waals surface area contributed by atoms with Gasteiger partial charge in [-0.1, -0.05) is 12.1 Å². The molecule has 1 rings (SSSR count). The molecule has 1 amide bonds. The van der Waals surface area contributed by atoms with Crippen LogP contribution in [0.25, 0.3) is 0 Å². The van der Waals surface area contributed by atoms with Gasteiger partial charge in [-0.05, 0) is 44.5 Å². The summed E-state index contributed by atoms with van der Waals surface area (Å²) >= 11 is 0. The van der Waals surface area contributed by atoms with Crippen LogP contribution in [0.1, 0.15) is 23.6 Å². The maximum absolute atomic E-state index is 12.2. The molecule has 124 valence electrons. The second kappa shape index (κ2) is 7.00. The molecule has 0 aliphatic heterocycles. The van der Waals surface area contributed by atoms with Crippen LogP contribution >= 0.6 is 0 Å². The molecule has 0 radical (unpaired) electrons. The lowest BCUT2D eigenvalue weighted by atomic mass is 10.0. The van der Waals surface area contributed by atoms with E-state index in [1.54, 1.807) is 44.9 Å². The molecule has 0 heterocycles. The van der Waals surface area contributed by atoms with E-state index in [2.05, 4.69) is 0 Å². The van der Waals surface area contributed by atoms with Crippen molar-refractivity contribution in [3.8, 4) is 5.75 Å². The van der Waals surface area contributed by atoms with Crippen LogP contribution in [0, 0.1) is 13.8 Å². The monoisotopic (exact) mass is 318 g/mol. The average Bonchev–Trinajstić information content (AvgIpc) is 2.35. The van der Waals surface area contributed by atoms with Gasteiger partial charge in [0.1, 0.15) is 5.75 Å². The molecule has 0 bridgehead atoms. The number of rotatable bonds is 6. The van der Waals surface area contributed by atoms with Crippen LogP contribution in [0.3, 0.4) is 0 Å². The highest BCUT2D eigenvalue weighted by molar-refractivity contribution is 5.79. The Morgan fingerprint density at radius 2 is 1.82 bits per heavy atom. The topological polar surface area (TPSA) is 55.6 Å². The first-order chi connectivity index (χ1) is 10.0. The van der Waals surface area contributed by atoms with E-state index in [1.165, 1.54) is 0 Å². The van der Waals surface area contributed by atoms with Crippen molar-refractivity contribution in [1.82, 2.24) is 4.90 Å². The molecule has 1 aromatic rings. The van der Waals surface area contributed by atoms with Gasteiger partial charge in [0.05, 0.1) is 6.04 Å². The number of halogens is 3. The summed E-state index contributed by atoms with van der Waals surface area (Å²) in [6.07, 6.45) is -4.37. The van der Waals surface area contributed by atoms with Gasteiger partial charge < -0.3 is 10.5 Å². The van der Waals surface area contributed by atoms with Crippen molar-refractivity contribution in [3.63, 3.8) is 0 Å². The van der Waals surface area contributed by atoms with Crippen molar-refractivity contribution >= 4 is 5.91 Å². The lowest BCUT2D eigenvalue weighted by molar-refractivity contribution is -0.153. The normalized spacial score (nSPS) is 13.3. The number of primary amides is 1. The Kier molecular flexibility index (Phi) is 5.82. The van der Waals surface area contributed by atoms with Crippen molar-refractivity contribution in [2.45, 2.75) is 39.5 Å². The van der Waals surface area contributed by atoms with E-state index in [9.17, 15) is 18.0 Å². The molecule has 22 heavy (non-hydrogen) atoms. The van der Waals surface area contributed by atoms with Gasteiger partial charge in [-0.15, -0.1) is 0 Å². The number of alkyl halides is 3. The molecule has 0 aliphatic carbocycles. The lowest BCUT2D eigenvalue weighted by Crippen LogP contribution is -2.39. The zero-order chi connectivity index (χ0) is 17.1. The molecule has 0 fully saturated rings. The van der Waals surface area contributed by atoms with Crippen molar-refractivity contribution in [2.75, 3.05) is 13.7 Å². The molecule has 0 aromatic heterocycles. The number of nitrogens with zero attached hydrogens (tertiary/aromatic N) is 1. The number of hydrogen-bond acceptors (Lipinski definition) is 3. The van der Waals surface area contributed by atoms with Crippen LogP contribution < -0.4 is 10.5 Å². The Morgan fingerprint density at radius 3 is 2.23 bits per heavy atom. The van der Waals surface area contributed by atoms with E-state index in [1.807, 2.05) is 0 Å². The summed E-state index contributed by atoms with van der Waals surface area (Å²) in [6, 6.07) is 3.08. The summed E-state index contributed by atoms with van der Waals surface area (Å²) in [5.41, 5.74) is 7.38. The van der Waals surface area contributed by atoms with Gasteiger partial charge in [0.2, 0.25) is 5.91 Å². The van der Waals surface area contributed by atoms with E-state index in [-0.39, 0.29) is 5.75 Å². The van der Waals surface area contributed by atoms with Crippen LogP contribution in [-0.2, 0) is 11.3 Å². The highest BCUT2D eigenvalue weighted by Crippen LogP contribution is 2.27. The van der Waals surface area contributed by atoms with Crippen LogP contribution in [-0.4, -0.2) is 36.7 Å². The minimum absolute atomic E-state index is 0.242. The number of carbonyl (C=O) groups excluding carboxylic acids is 1. The van der Waals surface area contributed by atoms with E-state index in [0.29, 0.717) is 17.7 Å². The Bertz CT molecular complexity index is 521. The molecule has 2 N–H and O–H groups in total. The molecule has 0 saturated carbocycles. The number of carbonyl (C=O) groups is 1. The number of benzene rings is 1. The van der Waals surface area contributed by atoms with Gasteiger partial charge >= 0.3 is 6.18 Å². The smallest absolute Gasteiger partial charge is 0.422 e. The molecular weight excluding hydrogens is 297 g/mol. The fourth-order valence-electron chi connectivity index (χ4n) is 2.16. The van der Waals surface area contributed by atoms with E-state index >= 15 is 0 Å². The van der Waals surface area contributed by atoms with Crippen molar-refractivity contribution < 1.29 is 22.7 Å². The summed E-state index contributed by atoms with van der Waals surface area (Å²) in [6.45, 7) is 4.24. The number of aryl methyl sites for hydroxylation is 2. The third-order valence-corrected chi connectivity index (χ3v) is 3.41. The SMILES string of the molecule is Cc1cc(CN(C)C(C)C(N)=O)cc(C)c1OCC(F)(F)F. The summed E-state index contributed by atoms with van der Waals surface area (Å²) < 4.78 is 41.6. The molecule has 4 nitrogen and oxygen atoms in total. The van der Waals surface area contributed by atoms with Crippen molar-refractivity contribution in [3.05, 3.63) is 28.8 Å². The van der Waals surface area contributed by atoms with Gasteiger partial charge in [-0.25, -0.2) is 0 Å². The predicted octanol–water partition coefficient (Wildman–Crippen LogP) is 2.55. The first kappa shape index (κ1) is 18.3. The van der Waals surface area contributed by atoms with Crippen LogP contribution in [0.15, 0.2) is 12.1 Å². The second-order valence-corrected chi connectivity index (χ2v) is 5.46. The Balaban J connectivity index is 2.87. The highest BCUT2D eigenvalue weighted by Gasteiger charge is 2.29. The Labute approximate surface area is 128 Å². The summed E-state index contributed by atoms with van der Waals surface area (Å²) in [5.74, 6) is -0.187. The maximum Gasteiger partial charge on any atom is 0.422 e. The highest BCUT2D eigenvalue weighted by atomic mass is 19.4. The molecule has 1 aromatic carbocycles. The predicted molar refractivity (Wildman–Crippen MR) is 77.6 cm³/mol. The molecule has 1 atom stereocenters. The van der Waals surface area contributed by atoms with E-state index in [4.69, 9.17) is 10.5 Å². The molecule has 7 heteroatoms. The third kappa shape index (κ3) is 5.22. The zero-order valence-electron chi connectivity index (χ0n) is 13.1. The van der Waals surface area contributed by atoms with Gasteiger partial charge in [-0.3, -0.25) is 9.69 Å². The fraction of sp³-hybridized carbons (Fsp3) is 0.533. The van der Waals surface area contributed by atoms with E-state index < -0.39 is 24.7 Å². The zero-order valence-corrected chi connectivity index (χ0v) is 13.1.